The topological polar surface area (TPSA) is 57.5 Å². The van der Waals surface area contributed by atoms with Gasteiger partial charge in [-0.3, -0.25) is 4.79 Å². The van der Waals surface area contributed by atoms with Crippen LogP contribution in [0.2, 0.25) is 0 Å². The van der Waals surface area contributed by atoms with Crippen LogP contribution in [0.1, 0.15) is 78.6 Å². The normalized spacial score (nSPS) is 57.0. The Morgan fingerprint density at radius 2 is 1.67 bits per heavy atom. The van der Waals surface area contributed by atoms with E-state index < -0.39 is 5.60 Å². The first-order chi connectivity index (χ1) is 11.2. The summed E-state index contributed by atoms with van der Waals surface area (Å²) in [5, 5.41) is 21.3. The van der Waals surface area contributed by atoms with Crippen LogP contribution in [-0.2, 0) is 4.79 Å². The van der Waals surface area contributed by atoms with Crippen LogP contribution in [0.5, 0.6) is 0 Å². The lowest BCUT2D eigenvalue weighted by atomic mass is 9.44. The minimum Gasteiger partial charge on any atom is -0.393 e. The van der Waals surface area contributed by atoms with Crippen LogP contribution in [-0.4, -0.2) is 27.7 Å². The third kappa shape index (κ3) is 2.00. The van der Waals surface area contributed by atoms with E-state index in [1.54, 1.807) is 6.92 Å². The summed E-state index contributed by atoms with van der Waals surface area (Å²) in [7, 11) is 0. The maximum Gasteiger partial charge on any atom is 0.161 e. The van der Waals surface area contributed by atoms with Gasteiger partial charge in [0.2, 0.25) is 0 Å². The van der Waals surface area contributed by atoms with Crippen molar-refractivity contribution in [3.05, 3.63) is 0 Å². The summed E-state index contributed by atoms with van der Waals surface area (Å²) in [4.78, 5) is 12.2. The Kier molecular flexibility index (Phi) is 3.76. The lowest BCUT2D eigenvalue weighted by molar-refractivity contribution is -0.170. The largest absolute Gasteiger partial charge is 0.393 e. The number of ketones is 1. The Labute approximate surface area is 146 Å². The van der Waals surface area contributed by atoms with Crippen molar-refractivity contribution in [3.63, 3.8) is 0 Å². The molecule has 0 aliphatic heterocycles. The van der Waals surface area contributed by atoms with Gasteiger partial charge < -0.3 is 10.2 Å². The third-order valence-electron chi connectivity index (χ3n) is 9.37. The van der Waals surface area contributed by atoms with Crippen molar-refractivity contribution in [1.82, 2.24) is 0 Å². The van der Waals surface area contributed by atoms with E-state index in [1.807, 2.05) is 0 Å². The number of hydrogen-bond acceptors (Lipinski definition) is 3. The van der Waals surface area contributed by atoms with Crippen molar-refractivity contribution in [2.45, 2.75) is 90.3 Å². The summed E-state index contributed by atoms with van der Waals surface area (Å²) >= 11 is 0. The second-order valence-electron chi connectivity index (χ2n) is 10.00. The fourth-order valence-electron chi connectivity index (χ4n) is 7.83. The smallest absolute Gasteiger partial charge is 0.161 e. The van der Waals surface area contributed by atoms with Gasteiger partial charge in [-0.05, 0) is 93.8 Å². The molecule has 0 heterocycles. The molecular formula is C21H34O3. The third-order valence-corrected chi connectivity index (χ3v) is 9.37. The SMILES string of the molecule is CC(=O)[C@@]1(O)CC[C@H]2[C@@H]3CC[C@@H]4C[C@@H](O)CC[C@]4(C)[C@H]3CC[C@@]21C. The summed E-state index contributed by atoms with van der Waals surface area (Å²) < 4.78 is 0. The van der Waals surface area contributed by atoms with Crippen molar-refractivity contribution in [3.8, 4) is 0 Å². The molecule has 0 aromatic rings. The molecule has 4 aliphatic rings. The molecule has 2 N–H and O–H groups in total. The molecule has 4 rings (SSSR count). The molecule has 0 amide bonds. The van der Waals surface area contributed by atoms with Gasteiger partial charge in [-0.1, -0.05) is 13.8 Å². The monoisotopic (exact) mass is 334 g/mol. The van der Waals surface area contributed by atoms with Gasteiger partial charge in [0.15, 0.2) is 5.78 Å². The van der Waals surface area contributed by atoms with Crippen LogP contribution in [0, 0.1) is 34.5 Å². The van der Waals surface area contributed by atoms with Crippen LogP contribution >= 0.6 is 0 Å². The van der Waals surface area contributed by atoms with Gasteiger partial charge in [0.05, 0.1) is 6.10 Å². The Hall–Kier alpha value is -0.410. The highest BCUT2D eigenvalue weighted by Crippen LogP contribution is 2.68. The lowest BCUT2D eigenvalue weighted by Gasteiger charge is -2.61. The summed E-state index contributed by atoms with van der Waals surface area (Å²) in [5.74, 6) is 2.52. The van der Waals surface area contributed by atoms with E-state index in [0.29, 0.717) is 29.6 Å². The van der Waals surface area contributed by atoms with Crippen LogP contribution in [0.25, 0.3) is 0 Å². The number of aliphatic hydroxyl groups excluding tert-OH is 1. The fourth-order valence-corrected chi connectivity index (χ4v) is 7.83. The van der Waals surface area contributed by atoms with Crippen molar-refractivity contribution < 1.29 is 15.0 Å². The van der Waals surface area contributed by atoms with Gasteiger partial charge in [0.1, 0.15) is 5.60 Å². The average Bonchev–Trinajstić information content (AvgIpc) is 2.81. The molecule has 3 nitrogen and oxygen atoms in total. The molecule has 136 valence electrons. The lowest BCUT2D eigenvalue weighted by Crippen LogP contribution is -2.58. The van der Waals surface area contributed by atoms with E-state index in [4.69, 9.17) is 0 Å². The number of fused-ring (bicyclic) bond motifs is 5. The first-order valence-corrected chi connectivity index (χ1v) is 10.1. The molecule has 3 heteroatoms. The molecule has 4 fully saturated rings. The Bertz CT molecular complexity index is 545. The van der Waals surface area contributed by atoms with Crippen LogP contribution in [0.3, 0.4) is 0 Å². The van der Waals surface area contributed by atoms with Gasteiger partial charge in [-0.15, -0.1) is 0 Å². The first-order valence-electron chi connectivity index (χ1n) is 10.1. The zero-order valence-electron chi connectivity index (χ0n) is 15.6. The van der Waals surface area contributed by atoms with E-state index in [-0.39, 0.29) is 17.3 Å². The van der Waals surface area contributed by atoms with E-state index in [0.717, 1.165) is 44.4 Å². The number of hydrogen-bond donors (Lipinski definition) is 2. The second-order valence-corrected chi connectivity index (χ2v) is 10.00. The predicted octanol–water partition coefficient (Wildman–Crippen LogP) is 3.71. The Balaban J connectivity index is 1.65. The number of carbonyl (C=O) groups is 1. The Morgan fingerprint density at radius 3 is 2.38 bits per heavy atom. The maximum absolute atomic E-state index is 12.2. The molecule has 4 saturated carbocycles. The van der Waals surface area contributed by atoms with Gasteiger partial charge >= 0.3 is 0 Å². The van der Waals surface area contributed by atoms with Crippen molar-refractivity contribution >= 4 is 5.78 Å². The van der Waals surface area contributed by atoms with E-state index in [1.165, 1.54) is 12.8 Å². The van der Waals surface area contributed by atoms with Gasteiger partial charge in [0, 0.05) is 5.41 Å². The average molecular weight is 335 g/mol. The molecule has 0 aromatic heterocycles. The Morgan fingerprint density at radius 1 is 0.958 bits per heavy atom. The molecule has 8 atom stereocenters. The standard InChI is InChI=1S/C21H34O3/c1-13(22)21(24)11-8-18-16-5-4-14-12-15(23)6-9-19(14,2)17(16)7-10-20(18,21)3/h14-18,23-24H,4-12H2,1-3H3/t14-,15+,16-,17+,18+,19+,20+,21+/m1/s1. The van der Waals surface area contributed by atoms with Crippen molar-refractivity contribution in [1.29, 1.82) is 0 Å². The number of Topliss-reactive ketones (excluding diaryl/α,β-unsaturated/α-hetero) is 1. The maximum atomic E-state index is 12.2. The molecule has 0 saturated heterocycles. The molecular weight excluding hydrogens is 300 g/mol. The summed E-state index contributed by atoms with van der Waals surface area (Å²) in [6.07, 6.45) is 9.25. The van der Waals surface area contributed by atoms with Crippen molar-refractivity contribution in [2.75, 3.05) is 0 Å². The second kappa shape index (κ2) is 5.30. The van der Waals surface area contributed by atoms with Crippen LogP contribution < -0.4 is 0 Å². The zero-order chi connectivity index (χ0) is 17.3. The van der Waals surface area contributed by atoms with Crippen LogP contribution in [0.15, 0.2) is 0 Å². The highest BCUT2D eigenvalue weighted by molar-refractivity contribution is 5.86. The number of aliphatic hydroxyl groups is 2. The minimum atomic E-state index is -1.09. The number of rotatable bonds is 1. The first kappa shape index (κ1) is 17.0. The van der Waals surface area contributed by atoms with Gasteiger partial charge in [0.25, 0.3) is 0 Å². The summed E-state index contributed by atoms with van der Waals surface area (Å²) in [5.41, 5.74) is -0.957. The van der Waals surface area contributed by atoms with E-state index >= 15 is 0 Å². The van der Waals surface area contributed by atoms with Crippen molar-refractivity contribution in [2.24, 2.45) is 34.5 Å². The summed E-state index contributed by atoms with van der Waals surface area (Å²) in [6.45, 7) is 6.26. The molecule has 0 radical (unpaired) electrons. The van der Waals surface area contributed by atoms with E-state index in [2.05, 4.69) is 13.8 Å². The molecule has 0 spiro atoms. The fraction of sp³-hybridized carbons (Fsp3) is 0.952. The minimum absolute atomic E-state index is 0.0216. The number of carbonyl (C=O) groups excluding carboxylic acids is 1. The molecule has 4 aliphatic carbocycles. The molecule has 0 unspecified atom stereocenters. The summed E-state index contributed by atoms with van der Waals surface area (Å²) in [6, 6.07) is 0. The molecule has 0 bridgehead atoms. The van der Waals surface area contributed by atoms with Gasteiger partial charge in [-0.25, -0.2) is 0 Å². The van der Waals surface area contributed by atoms with E-state index in [9.17, 15) is 15.0 Å². The highest BCUT2D eigenvalue weighted by atomic mass is 16.3. The highest BCUT2D eigenvalue weighted by Gasteiger charge is 2.65. The zero-order valence-corrected chi connectivity index (χ0v) is 15.6. The van der Waals surface area contributed by atoms with Gasteiger partial charge in [-0.2, -0.15) is 0 Å². The quantitative estimate of drug-likeness (QED) is 0.768. The molecule has 24 heavy (non-hydrogen) atoms. The van der Waals surface area contributed by atoms with Crippen LogP contribution in [0.4, 0.5) is 0 Å². The molecule has 0 aromatic carbocycles. The predicted molar refractivity (Wildman–Crippen MR) is 93.4 cm³/mol.